The first-order valence-electron chi connectivity index (χ1n) is 7.49. The van der Waals surface area contributed by atoms with E-state index in [1.807, 2.05) is 0 Å². The minimum atomic E-state index is -4.42. The molecule has 1 N–H and O–H groups in total. The second kappa shape index (κ2) is 8.27. The van der Waals surface area contributed by atoms with Crippen LogP contribution in [0.15, 0.2) is 36.5 Å². The molecule has 1 amide bonds. The third-order valence-electron chi connectivity index (χ3n) is 3.36. The molecular weight excluding hydrogens is 373 g/mol. The number of pyridine rings is 1. The van der Waals surface area contributed by atoms with Gasteiger partial charge in [-0.05, 0) is 37.3 Å². The average molecular weight is 389 g/mol. The Morgan fingerprint density at radius 1 is 1.31 bits per heavy atom. The summed E-state index contributed by atoms with van der Waals surface area (Å²) in [6, 6.07) is 6.99. The lowest BCUT2D eigenvalue weighted by atomic mass is 10.1. The van der Waals surface area contributed by atoms with E-state index in [1.54, 1.807) is 19.1 Å². The lowest BCUT2D eigenvalue weighted by molar-refractivity contribution is -0.153. The maximum absolute atomic E-state index is 12.4. The molecule has 5 nitrogen and oxygen atoms in total. The number of hydrogen-bond donors (Lipinski definition) is 1. The van der Waals surface area contributed by atoms with E-state index in [2.05, 4.69) is 15.0 Å². The van der Waals surface area contributed by atoms with E-state index in [4.69, 9.17) is 16.3 Å². The maximum Gasteiger partial charge on any atom is 0.422 e. The zero-order valence-corrected chi connectivity index (χ0v) is 14.7. The quantitative estimate of drug-likeness (QED) is 0.806. The highest BCUT2D eigenvalue weighted by molar-refractivity contribution is 6.31. The van der Waals surface area contributed by atoms with Gasteiger partial charge >= 0.3 is 6.18 Å². The van der Waals surface area contributed by atoms with Crippen molar-refractivity contribution < 1.29 is 27.4 Å². The minimum Gasteiger partial charge on any atom is -0.496 e. The Kier molecular flexibility index (Phi) is 6.31. The Balaban J connectivity index is 2.04. The van der Waals surface area contributed by atoms with Crippen molar-refractivity contribution in [3.05, 3.63) is 52.8 Å². The van der Waals surface area contributed by atoms with Crippen LogP contribution in [-0.4, -0.2) is 30.8 Å². The van der Waals surface area contributed by atoms with Crippen molar-refractivity contribution in [1.82, 2.24) is 10.3 Å². The van der Waals surface area contributed by atoms with Crippen LogP contribution >= 0.6 is 11.6 Å². The fourth-order valence-electron chi connectivity index (χ4n) is 2.10. The first kappa shape index (κ1) is 19.8. The number of carbonyl (C=O) groups excluding carboxylic acids is 1. The lowest BCUT2D eigenvalue weighted by Crippen LogP contribution is -2.27. The van der Waals surface area contributed by atoms with Gasteiger partial charge in [0.25, 0.3) is 5.91 Å². The minimum absolute atomic E-state index is 0.0129. The van der Waals surface area contributed by atoms with Crippen LogP contribution in [0.2, 0.25) is 5.02 Å². The summed E-state index contributed by atoms with van der Waals surface area (Å²) in [5, 5.41) is 3.11. The molecule has 0 saturated heterocycles. The van der Waals surface area contributed by atoms with Gasteiger partial charge in [0, 0.05) is 5.02 Å². The second-order valence-electron chi connectivity index (χ2n) is 5.36. The summed E-state index contributed by atoms with van der Waals surface area (Å²) in [5.74, 6) is -0.0693. The Morgan fingerprint density at radius 3 is 2.62 bits per heavy atom. The molecule has 9 heteroatoms. The number of ether oxygens (including phenoxy) is 2. The molecule has 1 aromatic carbocycles. The Labute approximate surface area is 153 Å². The van der Waals surface area contributed by atoms with Crippen LogP contribution in [0.1, 0.15) is 29.0 Å². The molecule has 1 atom stereocenters. The molecule has 0 aliphatic heterocycles. The molecule has 1 heterocycles. The standard InChI is InChI=1S/C17H16ClF3N2O3/c1-10(14-5-4-12(8-22-14)26-9-17(19,20)21)23-16(24)13-7-11(18)3-6-15(13)25-2/h3-8,10H,9H2,1-2H3,(H,23,24)/t10-/m1/s1. The van der Waals surface area contributed by atoms with E-state index >= 15 is 0 Å². The predicted molar refractivity (Wildman–Crippen MR) is 89.7 cm³/mol. The molecule has 0 spiro atoms. The molecule has 2 aromatic rings. The van der Waals surface area contributed by atoms with Gasteiger partial charge in [-0.25, -0.2) is 0 Å². The Hall–Kier alpha value is -2.48. The number of nitrogens with zero attached hydrogens (tertiary/aromatic N) is 1. The molecule has 0 bridgehead atoms. The molecule has 0 aliphatic rings. The molecule has 0 fully saturated rings. The highest BCUT2D eigenvalue weighted by atomic mass is 35.5. The van der Waals surface area contributed by atoms with Crippen molar-refractivity contribution in [1.29, 1.82) is 0 Å². The highest BCUT2D eigenvalue weighted by Crippen LogP contribution is 2.24. The van der Waals surface area contributed by atoms with Gasteiger partial charge in [0.15, 0.2) is 6.61 Å². The van der Waals surface area contributed by atoms with Crippen LogP contribution in [0, 0.1) is 0 Å². The predicted octanol–water partition coefficient (Wildman–Crippen LogP) is 4.18. The van der Waals surface area contributed by atoms with Gasteiger partial charge in [0.05, 0.1) is 30.6 Å². The summed E-state index contributed by atoms with van der Waals surface area (Å²) in [6.07, 6.45) is -3.25. The summed E-state index contributed by atoms with van der Waals surface area (Å²) >= 11 is 5.91. The molecule has 2 rings (SSSR count). The molecule has 1 aromatic heterocycles. The summed E-state index contributed by atoms with van der Waals surface area (Å²) in [6.45, 7) is 0.294. The van der Waals surface area contributed by atoms with Crippen molar-refractivity contribution in [3.8, 4) is 11.5 Å². The number of rotatable bonds is 6. The summed E-state index contributed by atoms with van der Waals surface area (Å²) in [5.41, 5.74) is 0.718. The lowest BCUT2D eigenvalue weighted by Gasteiger charge is -2.16. The van der Waals surface area contributed by atoms with E-state index in [-0.39, 0.29) is 11.3 Å². The van der Waals surface area contributed by atoms with Crippen LogP contribution in [0.4, 0.5) is 13.2 Å². The third kappa shape index (κ3) is 5.52. The van der Waals surface area contributed by atoms with Crippen LogP contribution < -0.4 is 14.8 Å². The molecule has 26 heavy (non-hydrogen) atoms. The number of carbonyl (C=O) groups is 1. The average Bonchev–Trinajstić information content (AvgIpc) is 2.59. The van der Waals surface area contributed by atoms with Crippen molar-refractivity contribution in [2.45, 2.75) is 19.1 Å². The number of benzene rings is 1. The smallest absolute Gasteiger partial charge is 0.422 e. The fraction of sp³-hybridized carbons (Fsp3) is 0.294. The van der Waals surface area contributed by atoms with Gasteiger partial charge in [-0.1, -0.05) is 11.6 Å². The Bertz CT molecular complexity index is 767. The van der Waals surface area contributed by atoms with E-state index in [0.29, 0.717) is 16.5 Å². The molecule has 0 aliphatic carbocycles. The van der Waals surface area contributed by atoms with Gasteiger partial charge < -0.3 is 14.8 Å². The van der Waals surface area contributed by atoms with E-state index in [9.17, 15) is 18.0 Å². The van der Waals surface area contributed by atoms with Crippen LogP contribution in [0.25, 0.3) is 0 Å². The molecule has 0 saturated carbocycles. The number of aromatic nitrogens is 1. The molecular formula is C17H16ClF3N2O3. The largest absolute Gasteiger partial charge is 0.496 e. The zero-order chi connectivity index (χ0) is 19.3. The van der Waals surface area contributed by atoms with Gasteiger partial charge in [-0.15, -0.1) is 0 Å². The van der Waals surface area contributed by atoms with Crippen LogP contribution in [0.3, 0.4) is 0 Å². The van der Waals surface area contributed by atoms with Crippen LogP contribution in [-0.2, 0) is 0 Å². The van der Waals surface area contributed by atoms with E-state index < -0.39 is 24.7 Å². The van der Waals surface area contributed by atoms with E-state index in [1.165, 1.54) is 31.5 Å². The topological polar surface area (TPSA) is 60.5 Å². The number of methoxy groups -OCH3 is 1. The number of nitrogens with one attached hydrogen (secondary N) is 1. The highest BCUT2D eigenvalue weighted by Gasteiger charge is 2.28. The summed E-state index contributed by atoms with van der Waals surface area (Å²) in [4.78, 5) is 16.4. The van der Waals surface area contributed by atoms with Crippen molar-refractivity contribution >= 4 is 17.5 Å². The third-order valence-corrected chi connectivity index (χ3v) is 3.59. The second-order valence-corrected chi connectivity index (χ2v) is 5.80. The molecule has 140 valence electrons. The number of halogens is 4. The van der Waals surface area contributed by atoms with Crippen molar-refractivity contribution in [2.24, 2.45) is 0 Å². The zero-order valence-electron chi connectivity index (χ0n) is 13.9. The maximum atomic E-state index is 12.4. The number of amides is 1. The van der Waals surface area contributed by atoms with Gasteiger partial charge in [0.1, 0.15) is 11.5 Å². The van der Waals surface area contributed by atoms with Gasteiger partial charge in [-0.2, -0.15) is 13.2 Å². The molecule has 0 radical (unpaired) electrons. The summed E-state index contributed by atoms with van der Waals surface area (Å²) in [7, 11) is 1.44. The van der Waals surface area contributed by atoms with Crippen molar-refractivity contribution in [2.75, 3.05) is 13.7 Å². The first-order valence-corrected chi connectivity index (χ1v) is 7.87. The SMILES string of the molecule is COc1ccc(Cl)cc1C(=O)N[C@H](C)c1ccc(OCC(F)(F)F)cn1. The summed E-state index contributed by atoms with van der Waals surface area (Å²) < 4.78 is 46.1. The van der Waals surface area contributed by atoms with Gasteiger partial charge in [0.2, 0.25) is 0 Å². The number of hydrogen-bond acceptors (Lipinski definition) is 4. The van der Waals surface area contributed by atoms with Crippen LogP contribution in [0.5, 0.6) is 11.5 Å². The fourth-order valence-corrected chi connectivity index (χ4v) is 2.28. The van der Waals surface area contributed by atoms with Gasteiger partial charge in [-0.3, -0.25) is 9.78 Å². The number of alkyl halides is 3. The first-order chi connectivity index (χ1) is 12.2. The Morgan fingerprint density at radius 2 is 2.04 bits per heavy atom. The molecule has 0 unspecified atom stereocenters. The monoisotopic (exact) mass is 388 g/mol. The van der Waals surface area contributed by atoms with E-state index in [0.717, 1.165) is 0 Å². The van der Waals surface area contributed by atoms with Crippen molar-refractivity contribution in [3.63, 3.8) is 0 Å². The normalized spacial score (nSPS) is 12.4.